The van der Waals surface area contributed by atoms with Gasteiger partial charge in [0.25, 0.3) is 0 Å². The number of hydrogen-bond acceptors (Lipinski definition) is 2. The summed E-state index contributed by atoms with van der Waals surface area (Å²) in [6.07, 6.45) is 7.64. The lowest BCUT2D eigenvalue weighted by Crippen LogP contribution is -2.41. The molecule has 1 aromatic rings. The summed E-state index contributed by atoms with van der Waals surface area (Å²) in [7, 11) is 0. The summed E-state index contributed by atoms with van der Waals surface area (Å²) in [5, 5.41) is 0. The van der Waals surface area contributed by atoms with Gasteiger partial charge in [-0.1, -0.05) is 12.5 Å². The van der Waals surface area contributed by atoms with Crippen LogP contribution in [0.25, 0.3) is 0 Å². The van der Waals surface area contributed by atoms with Crippen LogP contribution >= 0.6 is 0 Å². The standard InChI is InChI=1S/C11H16N2/c1-9-5-10(7-13-6-9)11(8-12)3-2-4-11/h5-7H,2-4,8,12H2,1H3. The largest absolute Gasteiger partial charge is 0.330 e. The Hall–Kier alpha value is -0.890. The highest BCUT2D eigenvalue weighted by molar-refractivity contribution is 5.28. The zero-order valence-corrected chi connectivity index (χ0v) is 8.09. The number of pyridine rings is 1. The van der Waals surface area contributed by atoms with Crippen molar-refractivity contribution in [2.24, 2.45) is 5.73 Å². The molecular formula is C11H16N2. The Kier molecular flexibility index (Phi) is 2.08. The molecule has 1 saturated carbocycles. The van der Waals surface area contributed by atoms with Crippen LogP contribution in [0.4, 0.5) is 0 Å². The molecular weight excluding hydrogens is 160 g/mol. The van der Waals surface area contributed by atoms with Crippen LogP contribution in [0.1, 0.15) is 30.4 Å². The van der Waals surface area contributed by atoms with Crippen LogP contribution < -0.4 is 5.73 Å². The van der Waals surface area contributed by atoms with E-state index in [0.29, 0.717) is 0 Å². The van der Waals surface area contributed by atoms with Crippen molar-refractivity contribution >= 4 is 0 Å². The van der Waals surface area contributed by atoms with Gasteiger partial charge in [-0.3, -0.25) is 4.98 Å². The smallest absolute Gasteiger partial charge is 0.0306 e. The summed E-state index contributed by atoms with van der Waals surface area (Å²) in [5.41, 5.74) is 8.65. The molecule has 0 bridgehead atoms. The zero-order chi connectivity index (χ0) is 9.31. The summed E-state index contributed by atoms with van der Waals surface area (Å²) >= 11 is 0. The van der Waals surface area contributed by atoms with Gasteiger partial charge in [0, 0.05) is 24.4 Å². The van der Waals surface area contributed by atoms with Crippen molar-refractivity contribution < 1.29 is 0 Å². The fraction of sp³-hybridized carbons (Fsp3) is 0.545. The second-order valence-electron chi connectivity index (χ2n) is 4.09. The molecule has 0 aromatic carbocycles. The molecule has 2 N–H and O–H groups in total. The van der Waals surface area contributed by atoms with Gasteiger partial charge in [-0.05, 0) is 30.9 Å². The Morgan fingerprint density at radius 1 is 1.46 bits per heavy atom. The Bertz CT molecular complexity index is 297. The van der Waals surface area contributed by atoms with Gasteiger partial charge in [0.15, 0.2) is 0 Å². The minimum atomic E-state index is 0.263. The molecule has 1 heterocycles. The Labute approximate surface area is 79.2 Å². The highest BCUT2D eigenvalue weighted by atomic mass is 14.7. The first-order valence-corrected chi connectivity index (χ1v) is 4.89. The Morgan fingerprint density at radius 2 is 2.23 bits per heavy atom. The minimum Gasteiger partial charge on any atom is -0.330 e. The first-order chi connectivity index (χ1) is 6.27. The van der Waals surface area contributed by atoms with Crippen molar-refractivity contribution in [3.05, 3.63) is 29.6 Å². The highest BCUT2D eigenvalue weighted by Crippen LogP contribution is 2.42. The number of rotatable bonds is 2. The minimum absolute atomic E-state index is 0.263. The molecule has 0 spiro atoms. The summed E-state index contributed by atoms with van der Waals surface area (Å²) < 4.78 is 0. The van der Waals surface area contributed by atoms with E-state index in [1.54, 1.807) is 0 Å². The third-order valence-corrected chi connectivity index (χ3v) is 3.19. The van der Waals surface area contributed by atoms with Crippen LogP contribution in [0.3, 0.4) is 0 Å². The lowest BCUT2D eigenvalue weighted by Gasteiger charge is -2.41. The summed E-state index contributed by atoms with van der Waals surface area (Å²) in [4.78, 5) is 4.22. The van der Waals surface area contributed by atoms with Crippen molar-refractivity contribution in [2.45, 2.75) is 31.6 Å². The molecule has 0 aliphatic heterocycles. The van der Waals surface area contributed by atoms with Crippen molar-refractivity contribution in [2.75, 3.05) is 6.54 Å². The normalized spacial score (nSPS) is 19.5. The second kappa shape index (κ2) is 3.11. The van der Waals surface area contributed by atoms with Gasteiger partial charge in [-0.2, -0.15) is 0 Å². The zero-order valence-electron chi connectivity index (χ0n) is 8.09. The van der Waals surface area contributed by atoms with E-state index in [9.17, 15) is 0 Å². The van der Waals surface area contributed by atoms with Gasteiger partial charge >= 0.3 is 0 Å². The number of nitrogens with two attached hydrogens (primary N) is 1. The molecule has 2 rings (SSSR count). The van der Waals surface area contributed by atoms with Crippen LogP contribution in [-0.2, 0) is 5.41 Å². The van der Waals surface area contributed by atoms with Crippen molar-refractivity contribution in [1.82, 2.24) is 4.98 Å². The maximum atomic E-state index is 5.82. The predicted octanol–water partition coefficient (Wildman–Crippen LogP) is 1.77. The van der Waals surface area contributed by atoms with Gasteiger partial charge < -0.3 is 5.73 Å². The van der Waals surface area contributed by atoms with Crippen LogP contribution in [0.5, 0.6) is 0 Å². The van der Waals surface area contributed by atoms with E-state index in [-0.39, 0.29) is 5.41 Å². The van der Waals surface area contributed by atoms with Gasteiger partial charge in [0.2, 0.25) is 0 Å². The molecule has 70 valence electrons. The monoisotopic (exact) mass is 176 g/mol. The van der Waals surface area contributed by atoms with E-state index in [4.69, 9.17) is 5.73 Å². The maximum absolute atomic E-state index is 5.82. The van der Waals surface area contributed by atoms with E-state index < -0.39 is 0 Å². The van der Waals surface area contributed by atoms with E-state index in [0.717, 1.165) is 6.54 Å². The first kappa shape index (κ1) is 8.70. The number of aryl methyl sites for hydroxylation is 1. The van der Waals surface area contributed by atoms with Crippen molar-refractivity contribution in [1.29, 1.82) is 0 Å². The molecule has 13 heavy (non-hydrogen) atoms. The van der Waals surface area contributed by atoms with Gasteiger partial charge in [-0.15, -0.1) is 0 Å². The van der Waals surface area contributed by atoms with E-state index in [2.05, 4.69) is 18.0 Å². The topological polar surface area (TPSA) is 38.9 Å². The fourth-order valence-corrected chi connectivity index (χ4v) is 2.06. The predicted molar refractivity (Wildman–Crippen MR) is 53.6 cm³/mol. The molecule has 2 nitrogen and oxygen atoms in total. The quantitative estimate of drug-likeness (QED) is 0.746. The maximum Gasteiger partial charge on any atom is 0.0306 e. The molecule has 0 radical (unpaired) electrons. The SMILES string of the molecule is Cc1cncc(C2(CN)CCC2)c1. The Morgan fingerprint density at radius 3 is 2.69 bits per heavy atom. The highest BCUT2D eigenvalue weighted by Gasteiger charge is 2.37. The third kappa shape index (κ3) is 1.35. The van der Waals surface area contributed by atoms with Crippen LogP contribution in [0, 0.1) is 6.92 Å². The van der Waals surface area contributed by atoms with Crippen LogP contribution in [0.15, 0.2) is 18.5 Å². The van der Waals surface area contributed by atoms with E-state index in [1.165, 1.54) is 30.4 Å². The molecule has 0 amide bonds. The lowest BCUT2D eigenvalue weighted by molar-refractivity contribution is 0.252. The average Bonchev–Trinajstić information content (AvgIpc) is 2.03. The summed E-state index contributed by atoms with van der Waals surface area (Å²) in [6.45, 7) is 2.84. The van der Waals surface area contributed by atoms with Crippen LogP contribution in [-0.4, -0.2) is 11.5 Å². The lowest BCUT2D eigenvalue weighted by atomic mass is 9.65. The molecule has 0 atom stereocenters. The summed E-state index contributed by atoms with van der Waals surface area (Å²) in [5.74, 6) is 0. The van der Waals surface area contributed by atoms with Gasteiger partial charge in [0.05, 0.1) is 0 Å². The fourth-order valence-electron chi connectivity index (χ4n) is 2.06. The molecule has 1 fully saturated rings. The molecule has 1 aromatic heterocycles. The van der Waals surface area contributed by atoms with E-state index in [1.807, 2.05) is 12.4 Å². The second-order valence-corrected chi connectivity index (χ2v) is 4.09. The number of nitrogens with zero attached hydrogens (tertiary/aromatic N) is 1. The molecule has 2 heteroatoms. The van der Waals surface area contributed by atoms with Crippen molar-refractivity contribution in [3.63, 3.8) is 0 Å². The summed E-state index contributed by atoms with van der Waals surface area (Å²) in [6, 6.07) is 2.22. The van der Waals surface area contributed by atoms with E-state index >= 15 is 0 Å². The third-order valence-electron chi connectivity index (χ3n) is 3.19. The number of hydrogen-bond donors (Lipinski definition) is 1. The van der Waals surface area contributed by atoms with Crippen molar-refractivity contribution in [3.8, 4) is 0 Å². The molecule has 1 aliphatic carbocycles. The van der Waals surface area contributed by atoms with Gasteiger partial charge in [0.1, 0.15) is 0 Å². The molecule has 0 unspecified atom stereocenters. The molecule has 1 aliphatic rings. The first-order valence-electron chi connectivity index (χ1n) is 4.89. The number of aromatic nitrogens is 1. The van der Waals surface area contributed by atoms with Gasteiger partial charge in [-0.25, -0.2) is 0 Å². The van der Waals surface area contributed by atoms with Crippen LogP contribution in [0.2, 0.25) is 0 Å². The average molecular weight is 176 g/mol. The Balaban J connectivity index is 2.33. The molecule has 0 saturated heterocycles.